The van der Waals surface area contributed by atoms with E-state index in [1.165, 1.54) is 6.20 Å². The maximum atomic E-state index is 14.1. The van der Waals surface area contributed by atoms with Gasteiger partial charge in [0.1, 0.15) is 5.82 Å². The number of nitrogens with zero attached hydrogens (tertiary/aromatic N) is 2. The Morgan fingerprint density at radius 2 is 1.88 bits per heavy atom. The summed E-state index contributed by atoms with van der Waals surface area (Å²) in [6, 6.07) is 7.94. The standard InChI is InChI=1S/C16H11F2N3O4S/c1-26(23,24)21-15(22)10-6-12(18)14(7-11(10)17)25-16-19-8-9-4-2-3-5-13(9)20-16/h2-8H,1H3,(H,21,22). The molecule has 0 unspecified atom stereocenters. The van der Waals surface area contributed by atoms with Gasteiger partial charge in [0.2, 0.25) is 10.0 Å². The van der Waals surface area contributed by atoms with Crippen molar-refractivity contribution in [1.82, 2.24) is 14.7 Å². The Balaban J connectivity index is 1.91. The van der Waals surface area contributed by atoms with Gasteiger partial charge in [-0.1, -0.05) is 18.2 Å². The second kappa shape index (κ2) is 6.64. The first kappa shape index (κ1) is 17.7. The van der Waals surface area contributed by atoms with Crippen molar-refractivity contribution in [3.8, 4) is 11.8 Å². The summed E-state index contributed by atoms with van der Waals surface area (Å²) in [6.45, 7) is 0. The maximum absolute atomic E-state index is 14.1. The van der Waals surface area contributed by atoms with Crippen LogP contribution in [0.1, 0.15) is 10.4 Å². The van der Waals surface area contributed by atoms with Gasteiger partial charge in [-0.15, -0.1) is 0 Å². The molecule has 7 nitrogen and oxygen atoms in total. The number of carbonyl (C=O) groups excluding carboxylic acids is 1. The average molecular weight is 379 g/mol. The number of para-hydroxylation sites is 1. The molecule has 2 aromatic carbocycles. The molecular weight excluding hydrogens is 368 g/mol. The largest absolute Gasteiger partial charge is 0.421 e. The highest BCUT2D eigenvalue weighted by Crippen LogP contribution is 2.26. The molecular formula is C16H11F2N3O4S. The zero-order chi connectivity index (χ0) is 18.9. The number of carbonyl (C=O) groups is 1. The topological polar surface area (TPSA) is 98.2 Å². The minimum Gasteiger partial charge on any atom is -0.421 e. The van der Waals surface area contributed by atoms with Crippen LogP contribution in [-0.4, -0.2) is 30.5 Å². The molecule has 0 aliphatic heterocycles. The molecule has 0 aliphatic carbocycles. The Morgan fingerprint density at radius 3 is 2.62 bits per heavy atom. The van der Waals surface area contributed by atoms with Crippen molar-refractivity contribution in [2.75, 3.05) is 6.26 Å². The fourth-order valence-electron chi connectivity index (χ4n) is 2.11. The van der Waals surface area contributed by atoms with Crippen LogP contribution in [-0.2, 0) is 10.0 Å². The Kier molecular flexibility index (Phi) is 4.51. The fraction of sp³-hybridized carbons (Fsp3) is 0.0625. The lowest BCUT2D eigenvalue weighted by Gasteiger charge is -2.09. The van der Waals surface area contributed by atoms with Gasteiger partial charge in [0.15, 0.2) is 11.6 Å². The Labute approximate surface area is 146 Å². The second-order valence-corrected chi connectivity index (χ2v) is 7.03. The quantitative estimate of drug-likeness (QED) is 0.747. The number of ether oxygens (including phenoxy) is 1. The molecule has 1 N–H and O–H groups in total. The van der Waals surface area contributed by atoms with Gasteiger partial charge in [0.25, 0.3) is 5.91 Å². The number of amides is 1. The second-order valence-electron chi connectivity index (χ2n) is 5.28. The third-order valence-corrected chi connectivity index (χ3v) is 3.77. The highest BCUT2D eigenvalue weighted by molar-refractivity contribution is 7.89. The SMILES string of the molecule is CS(=O)(=O)NC(=O)c1cc(F)c(Oc2ncc3ccccc3n2)cc1F. The summed E-state index contributed by atoms with van der Waals surface area (Å²) in [5.74, 6) is -4.09. The van der Waals surface area contributed by atoms with Crippen molar-refractivity contribution in [3.63, 3.8) is 0 Å². The van der Waals surface area contributed by atoms with Crippen molar-refractivity contribution in [2.24, 2.45) is 0 Å². The van der Waals surface area contributed by atoms with Gasteiger partial charge in [0.05, 0.1) is 17.3 Å². The highest BCUT2D eigenvalue weighted by atomic mass is 32.2. The van der Waals surface area contributed by atoms with Crippen molar-refractivity contribution < 1.29 is 26.7 Å². The van der Waals surface area contributed by atoms with Crippen molar-refractivity contribution in [2.45, 2.75) is 0 Å². The third-order valence-electron chi connectivity index (χ3n) is 3.21. The van der Waals surface area contributed by atoms with E-state index in [4.69, 9.17) is 4.74 Å². The van der Waals surface area contributed by atoms with Gasteiger partial charge in [0, 0.05) is 17.6 Å². The summed E-state index contributed by atoms with van der Waals surface area (Å²) in [5.41, 5.74) is -0.234. The predicted octanol–water partition coefficient (Wildman–Crippen LogP) is 2.39. The summed E-state index contributed by atoms with van der Waals surface area (Å²) in [7, 11) is -3.92. The monoisotopic (exact) mass is 379 g/mol. The molecule has 0 fully saturated rings. The van der Waals surface area contributed by atoms with E-state index in [0.29, 0.717) is 23.9 Å². The number of benzene rings is 2. The molecule has 1 heterocycles. The Hall–Kier alpha value is -3.14. The molecule has 0 bridgehead atoms. The van der Waals surface area contributed by atoms with Crippen LogP contribution in [0.15, 0.2) is 42.6 Å². The van der Waals surface area contributed by atoms with Crippen LogP contribution in [0.25, 0.3) is 10.9 Å². The number of fused-ring (bicyclic) bond motifs is 1. The fourth-order valence-corrected chi connectivity index (χ4v) is 2.55. The molecule has 0 spiro atoms. The van der Waals surface area contributed by atoms with Crippen LogP contribution < -0.4 is 9.46 Å². The molecule has 1 amide bonds. The van der Waals surface area contributed by atoms with E-state index in [1.54, 1.807) is 29.0 Å². The minimum atomic E-state index is -3.92. The summed E-state index contributed by atoms with van der Waals surface area (Å²) in [6.07, 6.45) is 2.17. The van der Waals surface area contributed by atoms with Crippen LogP contribution >= 0.6 is 0 Å². The van der Waals surface area contributed by atoms with E-state index >= 15 is 0 Å². The van der Waals surface area contributed by atoms with Gasteiger partial charge in [-0.3, -0.25) is 4.79 Å². The van der Waals surface area contributed by atoms with Crippen molar-refractivity contribution >= 4 is 26.8 Å². The number of nitrogens with one attached hydrogen (secondary N) is 1. The lowest BCUT2D eigenvalue weighted by atomic mass is 10.2. The summed E-state index contributed by atoms with van der Waals surface area (Å²) in [5, 5.41) is 0.735. The first-order valence-electron chi connectivity index (χ1n) is 7.14. The Bertz CT molecular complexity index is 1120. The molecule has 3 aromatic rings. The van der Waals surface area contributed by atoms with E-state index in [9.17, 15) is 22.0 Å². The highest BCUT2D eigenvalue weighted by Gasteiger charge is 2.20. The molecule has 10 heteroatoms. The zero-order valence-electron chi connectivity index (χ0n) is 13.2. The zero-order valence-corrected chi connectivity index (χ0v) is 14.0. The number of halogens is 2. The van der Waals surface area contributed by atoms with Crippen molar-refractivity contribution in [3.05, 3.63) is 59.8 Å². The molecule has 1 aromatic heterocycles. The molecule has 26 heavy (non-hydrogen) atoms. The van der Waals surface area contributed by atoms with Gasteiger partial charge in [-0.2, -0.15) is 4.98 Å². The first-order valence-corrected chi connectivity index (χ1v) is 9.03. The van der Waals surface area contributed by atoms with Gasteiger partial charge >= 0.3 is 6.01 Å². The van der Waals surface area contributed by atoms with E-state index < -0.39 is 38.9 Å². The first-order chi connectivity index (χ1) is 12.2. The van der Waals surface area contributed by atoms with Crippen LogP contribution in [0.2, 0.25) is 0 Å². The number of rotatable bonds is 4. The van der Waals surface area contributed by atoms with Gasteiger partial charge in [-0.25, -0.2) is 26.9 Å². The van der Waals surface area contributed by atoms with Crippen LogP contribution in [0.5, 0.6) is 11.8 Å². The summed E-state index contributed by atoms with van der Waals surface area (Å²) in [4.78, 5) is 19.7. The third kappa shape index (κ3) is 3.91. The van der Waals surface area contributed by atoms with Crippen LogP contribution in [0.3, 0.4) is 0 Å². The van der Waals surface area contributed by atoms with Gasteiger partial charge < -0.3 is 4.74 Å². The molecule has 0 aliphatic rings. The normalized spacial score (nSPS) is 11.3. The smallest absolute Gasteiger partial charge is 0.322 e. The van der Waals surface area contributed by atoms with E-state index in [2.05, 4.69) is 9.97 Å². The molecule has 0 radical (unpaired) electrons. The van der Waals surface area contributed by atoms with E-state index in [-0.39, 0.29) is 6.01 Å². The number of hydrogen-bond acceptors (Lipinski definition) is 6. The van der Waals surface area contributed by atoms with Gasteiger partial charge in [-0.05, 0) is 12.1 Å². The molecule has 0 saturated carbocycles. The lowest BCUT2D eigenvalue weighted by molar-refractivity contribution is 0.0977. The van der Waals surface area contributed by atoms with Crippen molar-refractivity contribution in [1.29, 1.82) is 0 Å². The Morgan fingerprint density at radius 1 is 1.15 bits per heavy atom. The molecule has 0 atom stereocenters. The van der Waals surface area contributed by atoms with Crippen LogP contribution in [0, 0.1) is 11.6 Å². The number of aromatic nitrogens is 2. The predicted molar refractivity (Wildman–Crippen MR) is 88.3 cm³/mol. The van der Waals surface area contributed by atoms with E-state index in [0.717, 1.165) is 5.39 Å². The summed E-state index contributed by atoms with van der Waals surface area (Å²) < 4.78 is 57.0. The molecule has 134 valence electrons. The van der Waals surface area contributed by atoms with E-state index in [1.807, 2.05) is 0 Å². The molecule has 3 rings (SSSR count). The summed E-state index contributed by atoms with van der Waals surface area (Å²) >= 11 is 0. The molecule has 0 saturated heterocycles. The number of sulfonamides is 1. The minimum absolute atomic E-state index is 0.213. The lowest BCUT2D eigenvalue weighted by Crippen LogP contribution is -2.30. The average Bonchev–Trinajstić information content (AvgIpc) is 2.56. The van der Waals surface area contributed by atoms with Crippen LogP contribution in [0.4, 0.5) is 8.78 Å². The maximum Gasteiger partial charge on any atom is 0.322 e. The number of hydrogen-bond donors (Lipinski definition) is 1.